The Bertz CT molecular complexity index is 765. The van der Waals surface area contributed by atoms with E-state index in [1.807, 2.05) is 0 Å². The number of halogens is 1. The van der Waals surface area contributed by atoms with E-state index in [2.05, 4.69) is 10.3 Å². The van der Waals surface area contributed by atoms with Crippen molar-refractivity contribution in [3.63, 3.8) is 0 Å². The van der Waals surface area contributed by atoms with E-state index in [9.17, 15) is 14.9 Å². The van der Waals surface area contributed by atoms with E-state index in [4.69, 9.17) is 5.73 Å². The maximum Gasteiger partial charge on any atom is 0.269 e. The third kappa shape index (κ3) is 4.28. The summed E-state index contributed by atoms with van der Waals surface area (Å²) in [7, 11) is 0. The van der Waals surface area contributed by atoms with Crippen LogP contribution in [0.15, 0.2) is 24.3 Å². The second kappa shape index (κ2) is 7.69. The Morgan fingerprint density at radius 1 is 1.50 bits per heavy atom. The molecule has 2 aromatic rings. The summed E-state index contributed by atoms with van der Waals surface area (Å²) in [4.78, 5) is 28.0. The summed E-state index contributed by atoms with van der Waals surface area (Å²) in [6, 6.07) is 6.24. The number of hydrogen-bond donors (Lipinski definition) is 2. The van der Waals surface area contributed by atoms with E-state index in [0.717, 1.165) is 29.8 Å². The fourth-order valence-electron chi connectivity index (χ4n) is 2.58. The van der Waals surface area contributed by atoms with Crippen molar-refractivity contribution in [1.82, 2.24) is 4.98 Å². The number of nitrogens with zero attached hydrogens (tertiary/aromatic N) is 2. The lowest BCUT2D eigenvalue weighted by atomic mass is 9.99. The molecule has 3 rings (SSSR count). The van der Waals surface area contributed by atoms with Gasteiger partial charge in [-0.25, -0.2) is 4.98 Å². The summed E-state index contributed by atoms with van der Waals surface area (Å²) in [5.41, 5.74) is 7.53. The Balaban J connectivity index is 0.00000208. The largest absolute Gasteiger partial charge is 0.327 e. The van der Waals surface area contributed by atoms with Crippen LogP contribution < -0.4 is 11.1 Å². The molecule has 1 aromatic carbocycles. The van der Waals surface area contributed by atoms with Gasteiger partial charge in [-0.3, -0.25) is 14.9 Å². The minimum Gasteiger partial charge on any atom is -0.327 e. The van der Waals surface area contributed by atoms with Crippen LogP contribution in [0, 0.1) is 10.1 Å². The van der Waals surface area contributed by atoms with Crippen molar-refractivity contribution < 1.29 is 9.72 Å². The second-order valence-corrected chi connectivity index (χ2v) is 6.63. The summed E-state index contributed by atoms with van der Waals surface area (Å²) < 4.78 is 0. The first-order chi connectivity index (χ1) is 11.0. The third-order valence-electron chi connectivity index (χ3n) is 3.71. The van der Waals surface area contributed by atoms with Crippen molar-refractivity contribution in [2.24, 2.45) is 5.73 Å². The van der Waals surface area contributed by atoms with Gasteiger partial charge in [-0.05, 0) is 24.8 Å². The van der Waals surface area contributed by atoms with Crippen LogP contribution in [0.2, 0.25) is 0 Å². The van der Waals surface area contributed by atoms with Crippen molar-refractivity contribution in [1.29, 1.82) is 0 Å². The normalized spacial score (nSPS) is 16.0. The molecule has 1 amide bonds. The highest BCUT2D eigenvalue weighted by Crippen LogP contribution is 2.29. The van der Waals surface area contributed by atoms with Gasteiger partial charge in [0, 0.05) is 23.1 Å². The number of rotatable bonds is 4. The van der Waals surface area contributed by atoms with Crippen molar-refractivity contribution in [3.8, 4) is 0 Å². The lowest BCUT2D eigenvalue weighted by molar-refractivity contribution is -0.384. The number of nitro groups is 1. The lowest BCUT2D eigenvalue weighted by Gasteiger charge is -2.15. The Kier molecular flexibility index (Phi) is 5.87. The number of thiazole rings is 1. The van der Waals surface area contributed by atoms with Gasteiger partial charge in [-0.1, -0.05) is 12.1 Å². The molecule has 1 atom stereocenters. The summed E-state index contributed by atoms with van der Waals surface area (Å²) in [6.45, 7) is 0. The molecule has 0 radical (unpaired) electrons. The lowest BCUT2D eigenvalue weighted by Crippen LogP contribution is -2.27. The van der Waals surface area contributed by atoms with E-state index in [1.165, 1.54) is 23.5 Å². The maximum atomic E-state index is 12.1. The molecule has 0 unspecified atom stereocenters. The Morgan fingerprint density at radius 2 is 2.29 bits per heavy atom. The van der Waals surface area contributed by atoms with Gasteiger partial charge in [0.05, 0.1) is 17.0 Å². The first-order valence-electron chi connectivity index (χ1n) is 7.28. The van der Waals surface area contributed by atoms with Gasteiger partial charge in [0.1, 0.15) is 0 Å². The van der Waals surface area contributed by atoms with Gasteiger partial charge >= 0.3 is 0 Å². The predicted octanol–water partition coefficient (Wildman–Crippen LogP) is 2.47. The predicted molar refractivity (Wildman–Crippen MR) is 94.8 cm³/mol. The summed E-state index contributed by atoms with van der Waals surface area (Å²) in [5, 5.41) is 14.1. The summed E-state index contributed by atoms with van der Waals surface area (Å²) in [5.74, 6) is -0.235. The molecule has 1 aliphatic rings. The summed E-state index contributed by atoms with van der Waals surface area (Å²) >= 11 is 1.45. The van der Waals surface area contributed by atoms with Crippen LogP contribution in [0.25, 0.3) is 0 Å². The maximum absolute atomic E-state index is 12.1. The standard InChI is InChI=1S/C15H16N4O3S.ClH/c16-10-4-5-12-13(8-10)23-15(17-12)18-14(20)7-9-2-1-3-11(6-9)19(21)22;/h1-3,6,10H,4-5,7-8,16H2,(H,17,18,20);1H/t10-;/m0./s1. The first kappa shape index (κ1) is 18.3. The van der Waals surface area contributed by atoms with Gasteiger partial charge in [0.2, 0.25) is 5.91 Å². The molecule has 0 saturated carbocycles. The molecular formula is C15H17ClN4O3S. The number of carbonyl (C=O) groups excluding carboxylic acids is 1. The van der Waals surface area contributed by atoms with Crippen molar-refractivity contribution >= 4 is 40.5 Å². The van der Waals surface area contributed by atoms with Crippen molar-refractivity contribution in [2.75, 3.05) is 5.32 Å². The fourth-order valence-corrected chi connectivity index (χ4v) is 3.70. The van der Waals surface area contributed by atoms with E-state index in [1.54, 1.807) is 12.1 Å². The number of nitrogens with one attached hydrogen (secondary N) is 1. The van der Waals surface area contributed by atoms with E-state index >= 15 is 0 Å². The van der Waals surface area contributed by atoms with Gasteiger partial charge in [-0.15, -0.1) is 23.7 Å². The molecule has 3 N–H and O–H groups in total. The Hall–Kier alpha value is -2.03. The van der Waals surface area contributed by atoms with Crippen molar-refractivity contribution in [3.05, 3.63) is 50.5 Å². The topological polar surface area (TPSA) is 111 Å². The average Bonchev–Trinajstić information content (AvgIpc) is 2.88. The van der Waals surface area contributed by atoms with Gasteiger partial charge in [0.25, 0.3) is 5.69 Å². The van der Waals surface area contributed by atoms with Crippen LogP contribution in [0.3, 0.4) is 0 Å². The fraction of sp³-hybridized carbons (Fsp3) is 0.333. The molecule has 24 heavy (non-hydrogen) atoms. The average molecular weight is 369 g/mol. The number of aromatic nitrogens is 1. The smallest absolute Gasteiger partial charge is 0.269 e. The Labute approximate surface area is 148 Å². The first-order valence-corrected chi connectivity index (χ1v) is 8.10. The van der Waals surface area contributed by atoms with Crippen molar-refractivity contribution in [2.45, 2.75) is 31.7 Å². The van der Waals surface area contributed by atoms with Crippen LogP contribution in [0.1, 0.15) is 22.6 Å². The number of fused-ring (bicyclic) bond motifs is 1. The number of anilines is 1. The molecule has 9 heteroatoms. The Morgan fingerprint density at radius 3 is 3.04 bits per heavy atom. The molecule has 0 aliphatic heterocycles. The van der Waals surface area contributed by atoms with Crippen LogP contribution in [-0.2, 0) is 24.1 Å². The molecule has 0 fully saturated rings. The van der Waals surface area contributed by atoms with Gasteiger partial charge in [-0.2, -0.15) is 0 Å². The zero-order valence-electron chi connectivity index (χ0n) is 12.7. The van der Waals surface area contributed by atoms with Crippen LogP contribution in [0.5, 0.6) is 0 Å². The molecule has 1 aliphatic carbocycles. The SMILES string of the molecule is Cl.N[C@H]1CCc2nc(NC(=O)Cc3cccc([N+](=O)[O-])c3)sc2C1. The molecule has 0 saturated heterocycles. The third-order valence-corrected chi connectivity index (χ3v) is 4.75. The highest BCUT2D eigenvalue weighted by atomic mass is 35.5. The molecule has 1 aromatic heterocycles. The summed E-state index contributed by atoms with van der Waals surface area (Å²) in [6.07, 6.45) is 2.63. The number of hydrogen-bond acceptors (Lipinski definition) is 6. The number of benzene rings is 1. The highest BCUT2D eigenvalue weighted by molar-refractivity contribution is 7.15. The highest BCUT2D eigenvalue weighted by Gasteiger charge is 2.20. The van der Waals surface area contributed by atoms with E-state index in [-0.39, 0.29) is 36.5 Å². The van der Waals surface area contributed by atoms with Gasteiger partial charge < -0.3 is 11.1 Å². The van der Waals surface area contributed by atoms with E-state index in [0.29, 0.717) is 10.7 Å². The van der Waals surface area contributed by atoms with Crippen LogP contribution in [0.4, 0.5) is 10.8 Å². The number of nitrogens with two attached hydrogens (primary N) is 1. The zero-order chi connectivity index (χ0) is 16.4. The van der Waals surface area contributed by atoms with Gasteiger partial charge in [0.15, 0.2) is 5.13 Å². The molecule has 128 valence electrons. The van der Waals surface area contributed by atoms with Crippen LogP contribution in [-0.4, -0.2) is 21.9 Å². The molecule has 7 nitrogen and oxygen atoms in total. The number of aryl methyl sites for hydroxylation is 1. The van der Waals surface area contributed by atoms with Crippen LogP contribution >= 0.6 is 23.7 Å². The quantitative estimate of drug-likeness (QED) is 0.636. The monoisotopic (exact) mass is 368 g/mol. The number of carbonyl (C=O) groups is 1. The second-order valence-electron chi connectivity index (χ2n) is 5.54. The number of amides is 1. The number of non-ortho nitro benzene ring substituents is 1. The molecular weight excluding hydrogens is 352 g/mol. The zero-order valence-corrected chi connectivity index (χ0v) is 14.4. The minimum absolute atomic E-state index is 0. The van der Waals surface area contributed by atoms with E-state index < -0.39 is 4.92 Å². The minimum atomic E-state index is -0.473. The molecule has 0 spiro atoms. The number of nitro benzene ring substituents is 1. The molecule has 0 bridgehead atoms. The molecule has 1 heterocycles.